The van der Waals surface area contributed by atoms with Crippen LogP contribution in [0.15, 0.2) is 0 Å². The topological polar surface area (TPSA) is 18.5 Å². The average Bonchev–Trinajstić information content (AvgIpc) is 2.95. The van der Waals surface area contributed by atoms with Crippen LogP contribution >= 0.6 is 0 Å². The van der Waals surface area contributed by atoms with E-state index < -0.39 is 19.2 Å². The quantitative estimate of drug-likeness (QED) is 0.0506. The van der Waals surface area contributed by atoms with Crippen LogP contribution in [0, 0.1) is 0 Å². The van der Waals surface area contributed by atoms with E-state index in [1.54, 1.807) is 0 Å². The van der Waals surface area contributed by atoms with E-state index in [0.717, 1.165) is 13.2 Å². The molecule has 0 unspecified atom stereocenters. The maximum atomic E-state index is 6.99. The molecule has 0 saturated heterocycles. The van der Waals surface area contributed by atoms with Gasteiger partial charge in [0.2, 0.25) is 0 Å². The molecule has 0 aromatic carbocycles. The molecule has 0 aliphatic carbocycles. The molecule has 0 aliphatic heterocycles. The molecule has 0 aromatic heterocycles. The third kappa shape index (κ3) is 28.6. The van der Waals surface area contributed by atoms with E-state index in [2.05, 4.69) is 27.7 Å². The second-order valence-electron chi connectivity index (χ2n) is 12.6. The molecule has 0 aromatic rings. The number of rotatable bonds is 34. The van der Waals surface area contributed by atoms with Crippen molar-refractivity contribution in [2.75, 3.05) is 13.2 Å². The molecule has 0 heterocycles. The van der Waals surface area contributed by atoms with Crippen LogP contribution in [-0.2, 0) is 6.15 Å². The number of hydrogen-bond acceptors (Lipinski definition) is 2. The zero-order chi connectivity index (χ0) is 28.5. The molecule has 0 atom stereocenters. The monoisotopic (exact) mass is 660 g/mol. The molecular formula is C36H76O2Sn. The first-order valence-corrected chi connectivity index (χ1v) is 24.9. The summed E-state index contributed by atoms with van der Waals surface area (Å²) in [4.78, 5) is 0. The average molecular weight is 660 g/mol. The van der Waals surface area contributed by atoms with E-state index in [1.807, 2.05) is 0 Å². The zero-order valence-corrected chi connectivity index (χ0v) is 30.8. The number of hydrogen-bond donors (Lipinski definition) is 0. The van der Waals surface area contributed by atoms with Crippen LogP contribution in [0.1, 0.15) is 207 Å². The van der Waals surface area contributed by atoms with Crippen LogP contribution in [0.5, 0.6) is 0 Å². The summed E-state index contributed by atoms with van der Waals surface area (Å²) in [6.07, 6.45) is 38.6. The van der Waals surface area contributed by atoms with Gasteiger partial charge >= 0.3 is 255 Å². The van der Waals surface area contributed by atoms with Gasteiger partial charge in [0.15, 0.2) is 0 Å². The molecule has 0 rings (SSSR count). The summed E-state index contributed by atoms with van der Waals surface area (Å²) in [5.74, 6) is 0. The molecule has 0 radical (unpaired) electrons. The van der Waals surface area contributed by atoms with Gasteiger partial charge in [0.1, 0.15) is 0 Å². The van der Waals surface area contributed by atoms with Crippen LogP contribution < -0.4 is 0 Å². The normalized spacial score (nSPS) is 12.0. The Morgan fingerprint density at radius 2 is 0.513 bits per heavy atom. The molecule has 2 nitrogen and oxygen atoms in total. The van der Waals surface area contributed by atoms with Crippen molar-refractivity contribution < 1.29 is 6.15 Å². The molecule has 0 saturated carbocycles. The molecule has 0 spiro atoms. The Balaban J connectivity index is 4.73. The van der Waals surface area contributed by atoms with Crippen molar-refractivity contribution >= 4 is 19.2 Å². The van der Waals surface area contributed by atoms with Crippen LogP contribution in [0.25, 0.3) is 0 Å². The van der Waals surface area contributed by atoms with E-state index in [9.17, 15) is 0 Å². The third-order valence-electron chi connectivity index (χ3n) is 8.55. The Kier molecular flexibility index (Phi) is 33.8. The van der Waals surface area contributed by atoms with Gasteiger partial charge in [-0.15, -0.1) is 0 Å². The van der Waals surface area contributed by atoms with E-state index in [0.29, 0.717) is 0 Å². The minimum atomic E-state index is -3.02. The van der Waals surface area contributed by atoms with Crippen molar-refractivity contribution in [3.8, 4) is 0 Å². The summed E-state index contributed by atoms with van der Waals surface area (Å²) in [5.41, 5.74) is 0. The molecule has 0 bridgehead atoms. The molecule has 0 amide bonds. The van der Waals surface area contributed by atoms with E-state index in [-0.39, 0.29) is 0 Å². The van der Waals surface area contributed by atoms with Crippen molar-refractivity contribution in [3.63, 3.8) is 0 Å². The van der Waals surface area contributed by atoms with Crippen LogP contribution in [0.4, 0.5) is 0 Å². The Morgan fingerprint density at radius 1 is 0.282 bits per heavy atom. The SMILES string of the molecule is CCCCCCCCCC[O][Sn]([CH2]CCCCCCC)([CH2]CCCCCCC)[O]CCCCCCCCCC. The van der Waals surface area contributed by atoms with E-state index in [4.69, 9.17) is 6.15 Å². The van der Waals surface area contributed by atoms with Crippen molar-refractivity contribution in [2.24, 2.45) is 0 Å². The Bertz CT molecular complexity index is 402. The van der Waals surface area contributed by atoms with Gasteiger partial charge in [0, 0.05) is 0 Å². The van der Waals surface area contributed by atoms with E-state index >= 15 is 0 Å². The first kappa shape index (κ1) is 39.7. The van der Waals surface area contributed by atoms with Gasteiger partial charge in [-0.1, -0.05) is 0 Å². The summed E-state index contributed by atoms with van der Waals surface area (Å²) in [6.45, 7) is 11.2. The molecule has 3 heteroatoms. The van der Waals surface area contributed by atoms with Gasteiger partial charge in [-0.2, -0.15) is 0 Å². The molecule has 39 heavy (non-hydrogen) atoms. The van der Waals surface area contributed by atoms with Crippen molar-refractivity contribution in [3.05, 3.63) is 0 Å². The molecular weight excluding hydrogens is 583 g/mol. The van der Waals surface area contributed by atoms with Gasteiger partial charge in [0.25, 0.3) is 0 Å². The zero-order valence-electron chi connectivity index (χ0n) is 27.9. The van der Waals surface area contributed by atoms with Gasteiger partial charge in [-0.25, -0.2) is 0 Å². The maximum absolute atomic E-state index is 6.99. The Hall–Kier alpha value is 0.719. The van der Waals surface area contributed by atoms with Gasteiger partial charge in [0.05, 0.1) is 0 Å². The fourth-order valence-corrected chi connectivity index (χ4v) is 15.8. The molecule has 0 aliphatic rings. The number of unbranched alkanes of at least 4 members (excludes halogenated alkanes) is 24. The van der Waals surface area contributed by atoms with Crippen LogP contribution in [0.3, 0.4) is 0 Å². The van der Waals surface area contributed by atoms with Crippen molar-refractivity contribution in [1.29, 1.82) is 0 Å². The fourth-order valence-electron chi connectivity index (χ4n) is 5.79. The van der Waals surface area contributed by atoms with Crippen LogP contribution in [0.2, 0.25) is 8.87 Å². The second kappa shape index (κ2) is 33.2. The summed E-state index contributed by atoms with van der Waals surface area (Å²) in [5, 5.41) is 0. The van der Waals surface area contributed by atoms with Gasteiger partial charge in [-0.3, -0.25) is 0 Å². The van der Waals surface area contributed by atoms with E-state index in [1.165, 1.54) is 189 Å². The Morgan fingerprint density at radius 3 is 0.795 bits per heavy atom. The Labute approximate surface area is 253 Å². The molecule has 0 fully saturated rings. The second-order valence-corrected chi connectivity index (χ2v) is 22.3. The third-order valence-corrected chi connectivity index (χ3v) is 19.1. The first-order chi connectivity index (χ1) is 19.2. The van der Waals surface area contributed by atoms with Crippen molar-refractivity contribution in [2.45, 2.75) is 216 Å². The minimum absolute atomic E-state index is 0.980. The van der Waals surface area contributed by atoms with Crippen LogP contribution in [-0.4, -0.2) is 32.4 Å². The first-order valence-electron chi connectivity index (χ1n) is 18.5. The molecule has 0 N–H and O–H groups in total. The van der Waals surface area contributed by atoms with Gasteiger partial charge < -0.3 is 0 Å². The fraction of sp³-hybridized carbons (Fsp3) is 1.00. The molecule has 236 valence electrons. The van der Waals surface area contributed by atoms with Crippen molar-refractivity contribution in [1.82, 2.24) is 0 Å². The predicted molar refractivity (Wildman–Crippen MR) is 179 cm³/mol. The summed E-state index contributed by atoms with van der Waals surface area (Å²) in [6, 6.07) is 0. The summed E-state index contributed by atoms with van der Waals surface area (Å²) in [7, 11) is 0. The van der Waals surface area contributed by atoms with Gasteiger partial charge in [-0.05, 0) is 0 Å². The summed E-state index contributed by atoms with van der Waals surface area (Å²) < 4.78 is 16.6. The predicted octanol–water partition coefficient (Wildman–Crippen LogP) is 13.5. The summed E-state index contributed by atoms with van der Waals surface area (Å²) >= 11 is -3.02. The standard InChI is InChI=1S/2C10H21O.2C8H17.Sn/c2*1-2-3-4-5-6-7-8-9-10-11;2*1-3-5-7-8-6-4-2;/h2*2-10H2,1H3;2*1,3-8H2,2H3;/q2*-1;;;+2.